The number of aliphatic hydroxyl groups excluding tert-OH is 3. The van der Waals surface area contributed by atoms with Crippen LogP contribution in [0.15, 0.2) is 36.7 Å². The molecule has 0 bridgehead atoms. The molecular formula is C16H15F2NO4S. The topological polar surface area (TPSA) is 82.8 Å². The van der Waals surface area contributed by atoms with Gasteiger partial charge in [0.25, 0.3) is 0 Å². The van der Waals surface area contributed by atoms with Crippen LogP contribution in [0.5, 0.6) is 5.75 Å². The highest BCUT2D eigenvalue weighted by Gasteiger charge is 2.38. The maximum absolute atomic E-state index is 13.4. The number of thioether (sulfide) groups is 1. The standard InChI is InChI=1S/C16H15F2NO4S/c17-11-2-1-8(4-12(11)18)9-3-10(6-19-5-9)23-16-15(22)14(21)13(20)7-24-16/h1-6,13-16,20-22H,7H2/t13-,14+,15-,16-/m1/s1. The first-order chi connectivity index (χ1) is 11.5. The van der Waals surface area contributed by atoms with E-state index in [4.69, 9.17) is 4.74 Å². The number of ether oxygens (including phenoxy) is 1. The van der Waals surface area contributed by atoms with E-state index in [0.717, 1.165) is 23.9 Å². The molecule has 1 saturated heterocycles. The Balaban J connectivity index is 1.79. The summed E-state index contributed by atoms with van der Waals surface area (Å²) in [5, 5.41) is 29.2. The van der Waals surface area contributed by atoms with E-state index in [1.54, 1.807) is 6.07 Å². The molecule has 0 unspecified atom stereocenters. The van der Waals surface area contributed by atoms with Crippen LogP contribution in [-0.4, -0.2) is 49.8 Å². The number of benzene rings is 1. The van der Waals surface area contributed by atoms with Crippen LogP contribution >= 0.6 is 11.8 Å². The molecular weight excluding hydrogens is 340 g/mol. The molecule has 8 heteroatoms. The molecule has 4 atom stereocenters. The van der Waals surface area contributed by atoms with E-state index in [1.807, 2.05) is 0 Å². The Morgan fingerprint density at radius 3 is 2.54 bits per heavy atom. The predicted octanol–water partition coefficient (Wildman–Crippen LogP) is 1.56. The molecule has 1 fully saturated rings. The molecule has 24 heavy (non-hydrogen) atoms. The van der Waals surface area contributed by atoms with E-state index in [1.165, 1.54) is 18.5 Å². The fraction of sp³-hybridized carbons (Fsp3) is 0.312. The van der Waals surface area contributed by atoms with Crippen LogP contribution in [0.25, 0.3) is 11.1 Å². The molecule has 0 saturated carbocycles. The summed E-state index contributed by atoms with van der Waals surface area (Å²) in [5.41, 5.74) is 0.173. The second-order valence-corrected chi connectivity index (χ2v) is 6.54. The minimum absolute atomic E-state index is 0.221. The van der Waals surface area contributed by atoms with Crippen molar-refractivity contribution < 1.29 is 28.8 Å². The fourth-order valence-corrected chi connectivity index (χ4v) is 3.46. The summed E-state index contributed by atoms with van der Waals surface area (Å²) < 4.78 is 32.0. The smallest absolute Gasteiger partial charge is 0.173 e. The summed E-state index contributed by atoms with van der Waals surface area (Å²) >= 11 is 1.16. The molecule has 3 rings (SSSR count). The van der Waals surface area contributed by atoms with Gasteiger partial charge in [0.2, 0.25) is 0 Å². The molecule has 3 N–H and O–H groups in total. The number of hydrogen-bond acceptors (Lipinski definition) is 6. The second kappa shape index (κ2) is 7.02. The summed E-state index contributed by atoms with van der Waals surface area (Å²) in [6, 6.07) is 5.07. The van der Waals surface area contributed by atoms with Crippen molar-refractivity contribution in [3.63, 3.8) is 0 Å². The van der Waals surface area contributed by atoms with Crippen molar-refractivity contribution in [1.82, 2.24) is 4.98 Å². The van der Waals surface area contributed by atoms with Crippen molar-refractivity contribution in [1.29, 1.82) is 0 Å². The van der Waals surface area contributed by atoms with Gasteiger partial charge in [0.05, 0.1) is 12.3 Å². The van der Waals surface area contributed by atoms with Gasteiger partial charge in [-0.1, -0.05) is 6.07 Å². The Morgan fingerprint density at radius 1 is 1.00 bits per heavy atom. The Labute approximate surface area is 140 Å². The normalized spacial score (nSPS) is 27.0. The largest absolute Gasteiger partial charge is 0.475 e. The van der Waals surface area contributed by atoms with Gasteiger partial charge in [-0.3, -0.25) is 4.98 Å². The van der Waals surface area contributed by atoms with Gasteiger partial charge < -0.3 is 20.1 Å². The van der Waals surface area contributed by atoms with Crippen LogP contribution in [0.3, 0.4) is 0 Å². The van der Waals surface area contributed by atoms with Crippen molar-refractivity contribution in [3.05, 3.63) is 48.3 Å². The van der Waals surface area contributed by atoms with Crippen molar-refractivity contribution in [3.8, 4) is 16.9 Å². The molecule has 1 aromatic heterocycles. The van der Waals surface area contributed by atoms with Gasteiger partial charge in [0.1, 0.15) is 18.0 Å². The number of rotatable bonds is 3. The first kappa shape index (κ1) is 17.1. The maximum Gasteiger partial charge on any atom is 0.173 e. The van der Waals surface area contributed by atoms with Gasteiger partial charge >= 0.3 is 0 Å². The summed E-state index contributed by atoms with van der Waals surface area (Å²) in [7, 11) is 0. The number of aromatic nitrogens is 1. The van der Waals surface area contributed by atoms with Gasteiger partial charge in [-0.25, -0.2) is 8.78 Å². The molecule has 2 aromatic rings. The molecule has 0 amide bonds. The van der Waals surface area contributed by atoms with Gasteiger partial charge in [-0.2, -0.15) is 0 Å². The van der Waals surface area contributed by atoms with Crippen molar-refractivity contribution >= 4 is 11.8 Å². The zero-order chi connectivity index (χ0) is 17.3. The minimum Gasteiger partial charge on any atom is -0.475 e. The first-order valence-electron chi connectivity index (χ1n) is 7.18. The van der Waals surface area contributed by atoms with E-state index >= 15 is 0 Å². The zero-order valence-corrected chi connectivity index (χ0v) is 13.2. The molecule has 1 aromatic carbocycles. The van der Waals surface area contributed by atoms with Crippen molar-refractivity contribution in [2.24, 2.45) is 0 Å². The van der Waals surface area contributed by atoms with Crippen LogP contribution in [0.1, 0.15) is 0 Å². The van der Waals surface area contributed by atoms with Gasteiger partial charge in [-0.15, -0.1) is 11.8 Å². The van der Waals surface area contributed by atoms with E-state index in [0.29, 0.717) is 16.9 Å². The highest BCUT2D eigenvalue weighted by atomic mass is 32.2. The fourth-order valence-electron chi connectivity index (χ4n) is 2.33. The molecule has 0 radical (unpaired) electrons. The average molecular weight is 355 g/mol. The average Bonchev–Trinajstić information content (AvgIpc) is 2.58. The number of hydrogen-bond donors (Lipinski definition) is 3. The summed E-state index contributed by atoms with van der Waals surface area (Å²) in [6.07, 6.45) is -0.683. The lowest BCUT2D eigenvalue weighted by molar-refractivity contribution is -0.0786. The zero-order valence-electron chi connectivity index (χ0n) is 12.3. The number of pyridine rings is 1. The van der Waals surface area contributed by atoms with Crippen LogP contribution in [0, 0.1) is 11.6 Å². The van der Waals surface area contributed by atoms with E-state index in [2.05, 4.69) is 4.98 Å². The van der Waals surface area contributed by atoms with Gasteiger partial charge in [0, 0.05) is 17.5 Å². The van der Waals surface area contributed by atoms with Gasteiger partial charge in [-0.05, 0) is 23.8 Å². The van der Waals surface area contributed by atoms with Crippen LogP contribution in [-0.2, 0) is 0 Å². The van der Waals surface area contributed by atoms with Crippen LogP contribution in [0.2, 0.25) is 0 Å². The molecule has 0 aliphatic carbocycles. The Morgan fingerprint density at radius 2 is 1.79 bits per heavy atom. The van der Waals surface area contributed by atoms with Crippen molar-refractivity contribution in [2.45, 2.75) is 23.7 Å². The molecule has 5 nitrogen and oxygen atoms in total. The minimum atomic E-state index is -1.29. The van der Waals surface area contributed by atoms with Crippen molar-refractivity contribution in [2.75, 3.05) is 5.75 Å². The maximum atomic E-state index is 13.4. The third-order valence-corrected chi connectivity index (χ3v) is 4.91. The lowest BCUT2D eigenvalue weighted by Crippen LogP contribution is -2.50. The molecule has 2 heterocycles. The predicted molar refractivity (Wildman–Crippen MR) is 84.5 cm³/mol. The monoisotopic (exact) mass is 355 g/mol. The third kappa shape index (κ3) is 3.51. The summed E-state index contributed by atoms with van der Waals surface area (Å²) in [4.78, 5) is 3.99. The Hall–Kier alpha value is -1.74. The lowest BCUT2D eigenvalue weighted by atomic mass is 10.1. The third-order valence-electron chi connectivity index (χ3n) is 3.67. The quantitative estimate of drug-likeness (QED) is 0.775. The Kier molecular flexibility index (Phi) is 5.00. The number of nitrogens with zero attached hydrogens (tertiary/aromatic N) is 1. The van der Waals surface area contributed by atoms with Crippen LogP contribution in [0.4, 0.5) is 8.78 Å². The first-order valence-corrected chi connectivity index (χ1v) is 8.23. The highest BCUT2D eigenvalue weighted by Crippen LogP contribution is 2.30. The number of halogens is 2. The lowest BCUT2D eigenvalue weighted by Gasteiger charge is -2.34. The SMILES string of the molecule is O[C@@H]1[C@@H](O)[C@H](Oc2cncc(-c3ccc(F)c(F)c3)c2)SC[C@H]1O. The second-order valence-electron chi connectivity index (χ2n) is 5.41. The molecule has 1 aliphatic rings. The van der Waals surface area contributed by atoms with E-state index in [-0.39, 0.29) is 5.75 Å². The Bertz CT molecular complexity index is 733. The summed E-state index contributed by atoms with van der Waals surface area (Å²) in [5.74, 6) is -1.38. The molecule has 128 valence electrons. The van der Waals surface area contributed by atoms with E-state index < -0.39 is 35.4 Å². The van der Waals surface area contributed by atoms with E-state index in [9.17, 15) is 24.1 Å². The molecule has 1 aliphatic heterocycles. The molecule has 0 spiro atoms. The van der Waals surface area contributed by atoms with Crippen LogP contribution < -0.4 is 4.74 Å². The van der Waals surface area contributed by atoms with Gasteiger partial charge in [0.15, 0.2) is 17.1 Å². The number of aliphatic hydroxyl groups is 3. The summed E-state index contributed by atoms with van der Waals surface area (Å²) in [6.45, 7) is 0. The highest BCUT2D eigenvalue weighted by molar-refractivity contribution is 7.99.